The van der Waals surface area contributed by atoms with Crippen molar-refractivity contribution in [3.63, 3.8) is 0 Å². The van der Waals surface area contributed by atoms with E-state index in [-0.39, 0.29) is 6.61 Å². The molecule has 0 aliphatic carbocycles. The molecular formula is C15H18OSi. The summed E-state index contributed by atoms with van der Waals surface area (Å²) < 4.78 is 0. The van der Waals surface area contributed by atoms with Crippen molar-refractivity contribution in [2.45, 2.75) is 12.6 Å². The quantitative estimate of drug-likeness (QED) is 0.812. The molecule has 0 fully saturated rings. The molecule has 0 bridgehead atoms. The predicted molar refractivity (Wildman–Crippen MR) is 75.7 cm³/mol. The zero-order valence-corrected chi connectivity index (χ0v) is 11.1. The molecule has 2 heteroatoms. The van der Waals surface area contributed by atoms with E-state index >= 15 is 0 Å². The second kappa shape index (κ2) is 5.30. The van der Waals surface area contributed by atoms with Crippen LogP contribution in [0, 0.1) is 0 Å². The van der Waals surface area contributed by atoms with Gasteiger partial charge in [0.15, 0.2) is 0 Å². The smallest absolute Gasteiger partial charge is 0.117 e. The molecule has 88 valence electrons. The summed E-state index contributed by atoms with van der Waals surface area (Å²) in [6.45, 7) is 2.58. The van der Waals surface area contributed by atoms with Gasteiger partial charge < -0.3 is 5.11 Å². The summed E-state index contributed by atoms with van der Waals surface area (Å²) in [5, 5.41) is 12.1. The minimum absolute atomic E-state index is 0.256. The van der Waals surface area contributed by atoms with Gasteiger partial charge in [-0.2, -0.15) is 0 Å². The summed E-state index contributed by atoms with van der Waals surface area (Å²) in [5.74, 6) is 0. The van der Waals surface area contributed by atoms with Crippen LogP contribution in [0.3, 0.4) is 0 Å². The van der Waals surface area contributed by atoms with E-state index in [9.17, 15) is 5.11 Å². The molecule has 2 rings (SSSR count). The predicted octanol–water partition coefficient (Wildman–Crippen LogP) is 1.87. The van der Waals surface area contributed by atoms with Crippen molar-refractivity contribution < 1.29 is 5.11 Å². The van der Waals surface area contributed by atoms with Crippen LogP contribution in [-0.4, -0.2) is 19.8 Å². The molecule has 0 radical (unpaired) electrons. The number of aliphatic hydroxyl groups is 1. The van der Waals surface area contributed by atoms with Crippen LogP contribution in [0.5, 0.6) is 0 Å². The highest BCUT2D eigenvalue weighted by molar-refractivity contribution is 7.01. The molecule has 0 aliphatic rings. The normalized spacial score (nSPS) is 11.4. The third kappa shape index (κ3) is 2.48. The van der Waals surface area contributed by atoms with Gasteiger partial charge in [0.25, 0.3) is 0 Å². The Bertz CT molecular complexity index is 413. The highest BCUT2D eigenvalue weighted by Gasteiger charge is 2.30. The minimum Gasteiger partial charge on any atom is -0.397 e. The van der Waals surface area contributed by atoms with Crippen LogP contribution >= 0.6 is 0 Å². The lowest BCUT2D eigenvalue weighted by Crippen LogP contribution is -2.56. The molecule has 0 aliphatic heterocycles. The Morgan fingerprint density at radius 3 is 1.59 bits per heavy atom. The first-order valence-corrected chi connectivity index (χ1v) is 8.70. The fourth-order valence-corrected chi connectivity index (χ4v) is 5.51. The van der Waals surface area contributed by atoms with Gasteiger partial charge in [-0.15, -0.1) is 0 Å². The maximum absolute atomic E-state index is 9.36. The standard InChI is InChI=1S/C15H18OSi/c1-17(13-12-16,14-8-4-2-5-9-14)15-10-6-3-7-11-15/h2-11,16H,12-13H2,1H3. The van der Waals surface area contributed by atoms with Gasteiger partial charge in [0, 0.05) is 6.61 Å². The number of aliphatic hydroxyl groups excluding tert-OH is 1. The maximum atomic E-state index is 9.36. The highest BCUT2D eigenvalue weighted by Crippen LogP contribution is 2.10. The molecule has 17 heavy (non-hydrogen) atoms. The average molecular weight is 242 g/mol. The van der Waals surface area contributed by atoms with Crippen LogP contribution in [0.2, 0.25) is 12.6 Å². The van der Waals surface area contributed by atoms with Crippen molar-refractivity contribution in [2.75, 3.05) is 6.61 Å². The van der Waals surface area contributed by atoms with E-state index in [2.05, 4.69) is 55.1 Å². The first-order valence-electron chi connectivity index (χ1n) is 5.99. The van der Waals surface area contributed by atoms with E-state index in [0.29, 0.717) is 0 Å². The van der Waals surface area contributed by atoms with Crippen molar-refractivity contribution in [3.05, 3.63) is 60.7 Å². The fraction of sp³-hybridized carbons (Fsp3) is 0.200. The van der Waals surface area contributed by atoms with E-state index < -0.39 is 8.07 Å². The van der Waals surface area contributed by atoms with Gasteiger partial charge in [-0.05, 0) is 6.04 Å². The summed E-state index contributed by atoms with van der Waals surface area (Å²) >= 11 is 0. The lowest BCUT2D eigenvalue weighted by molar-refractivity contribution is 0.317. The summed E-state index contributed by atoms with van der Waals surface area (Å²) in [4.78, 5) is 0. The Balaban J connectivity index is 2.47. The lowest BCUT2D eigenvalue weighted by atomic mass is 10.4. The molecule has 0 spiro atoms. The van der Waals surface area contributed by atoms with Crippen molar-refractivity contribution >= 4 is 18.4 Å². The SMILES string of the molecule is C[Si](CCO)(c1ccccc1)c1ccccc1. The van der Waals surface area contributed by atoms with Crippen molar-refractivity contribution in [3.8, 4) is 0 Å². The summed E-state index contributed by atoms with van der Waals surface area (Å²) in [6, 6.07) is 22.1. The Labute approximate surface area is 104 Å². The first kappa shape index (κ1) is 12.1. The zero-order chi connectivity index (χ0) is 12.1. The maximum Gasteiger partial charge on any atom is 0.117 e. The van der Waals surface area contributed by atoms with Crippen LogP contribution < -0.4 is 10.4 Å². The lowest BCUT2D eigenvalue weighted by Gasteiger charge is -2.27. The molecule has 0 amide bonds. The first-order chi connectivity index (χ1) is 8.27. The number of benzene rings is 2. The van der Waals surface area contributed by atoms with Gasteiger partial charge >= 0.3 is 0 Å². The van der Waals surface area contributed by atoms with Gasteiger partial charge in [-0.1, -0.05) is 77.6 Å². The molecule has 1 nitrogen and oxygen atoms in total. The van der Waals surface area contributed by atoms with E-state index in [0.717, 1.165) is 6.04 Å². The summed E-state index contributed by atoms with van der Waals surface area (Å²) in [6.07, 6.45) is 0. The third-order valence-corrected chi connectivity index (χ3v) is 7.87. The number of hydrogen-bond donors (Lipinski definition) is 1. The minimum atomic E-state index is -1.75. The summed E-state index contributed by atoms with van der Waals surface area (Å²) in [7, 11) is -1.75. The van der Waals surface area contributed by atoms with Gasteiger partial charge in [0.2, 0.25) is 0 Å². The second-order valence-electron chi connectivity index (χ2n) is 4.54. The topological polar surface area (TPSA) is 20.2 Å². The molecule has 0 heterocycles. The van der Waals surface area contributed by atoms with Gasteiger partial charge in [-0.3, -0.25) is 0 Å². The van der Waals surface area contributed by atoms with E-state index in [4.69, 9.17) is 0 Å². The van der Waals surface area contributed by atoms with E-state index in [1.54, 1.807) is 0 Å². The Morgan fingerprint density at radius 2 is 1.24 bits per heavy atom. The van der Waals surface area contributed by atoms with Crippen molar-refractivity contribution in [1.29, 1.82) is 0 Å². The monoisotopic (exact) mass is 242 g/mol. The highest BCUT2D eigenvalue weighted by atomic mass is 28.3. The molecule has 0 aromatic heterocycles. The van der Waals surface area contributed by atoms with Gasteiger partial charge in [-0.25, -0.2) is 0 Å². The number of hydrogen-bond acceptors (Lipinski definition) is 1. The van der Waals surface area contributed by atoms with Crippen LogP contribution in [0.25, 0.3) is 0 Å². The van der Waals surface area contributed by atoms with Crippen LogP contribution in [0.15, 0.2) is 60.7 Å². The molecule has 0 unspecified atom stereocenters. The Kier molecular flexibility index (Phi) is 3.77. The molecule has 1 N–H and O–H groups in total. The second-order valence-corrected chi connectivity index (χ2v) is 8.86. The zero-order valence-electron chi connectivity index (χ0n) is 10.1. The van der Waals surface area contributed by atoms with E-state index in [1.165, 1.54) is 10.4 Å². The molecule has 2 aromatic rings. The molecule has 2 aromatic carbocycles. The number of rotatable bonds is 4. The van der Waals surface area contributed by atoms with Gasteiger partial charge in [0.05, 0.1) is 0 Å². The Morgan fingerprint density at radius 1 is 0.824 bits per heavy atom. The van der Waals surface area contributed by atoms with Crippen LogP contribution in [-0.2, 0) is 0 Å². The largest absolute Gasteiger partial charge is 0.397 e. The average Bonchev–Trinajstić information content (AvgIpc) is 2.41. The Hall–Kier alpha value is -1.38. The third-order valence-electron chi connectivity index (χ3n) is 3.43. The van der Waals surface area contributed by atoms with Crippen molar-refractivity contribution in [1.82, 2.24) is 0 Å². The van der Waals surface area contributed by atoms with Crippen LogP contribution in [0.4, 0.5) is 0 Å². The molecule has 0 saturated heterocycles. The van der Waals surface area contributed by atoms with Crippen LogP contribution in [0.1, 0.15) is 0 Å². The fourth-order valence-electron chi connectivity index (χ4n) is 2.29. The van der Waals surface area contributed by atoms with E-state index in [1.807, 2.05) is 12.1 Å². The molecule has 0 saturated carbocycles. The molecular weight excluding hydrogens is 224 g/mol. The van der Waals surface area contributed by atoms with Crippen molar-refractivity contribution in [2.24, 2.45) is 0 Å². The van der Waals surface area contributed by atoms with Gasteiger partial charge in [0.1, 0.15) is 8.07 Å². The molecule has 0 atom stereocenters. The summed E-state index contributed by atoms with van der Waals surface area (Å²) in [5.41, 5.74) is 0.